The average Bonchev–Trinajstić information content (AvgIpc) is 2.61. The van der Waals surface area contributed by atoms with Crippen LogP contribution in [0.25, 0.3) is 11.0 Å². The van der Waals surface area contributed by atoms with E-state index in [1.807, 2.05) is 24.3 Å². The highest BCUT2D eigenvalue weighted by molar-refractivity contribution is 8.00. The van der Waals surface area contributed by atoms with E-state index in [0.717, 1.165) is 5.56 Å². The highest BCUT2D eigenvalue weighted by atomic mass is 35.5. The van der Waals surface area contributed by atoms with Gasteiger partial charge in [0.05, 0.1) is 9.80 Å². The second-order valence-electron chi connectivity index (χ2n) is 5.25. The smallest absolute Gasteiger partial charge is 0.207 e. The van der Waals surface area contributed by atoms with Crippen LogP contribution in [0.3, 0.4) is 0 Å². The van der Waals surface area contributed by atoms with Gasteiger partial charge in [0.25, 0.3) is 0 Å². The number of sulfone groups is 1. The molecule has 0 aromatic heterocycles. The standard InChI is InChI=1S/C20H15ClO2S/c21-18-11-7-8-16(14-18)15-20(17-9-3-1-4-10-17)24(22,23)19-12-5-2-6-13-19/h1-15H/b20-15+. The molecule has 0 saturated carbocycles. The Kier molecular flexibility index (Phi) is 4.84. The lowest BCUT2D eigenvalue weighted by molar-refractivity contribution is 0.606. The zero-order chi connectivity index (χ0) is 17.0. The Morgan fingerprint density at radius 1 is 0.792 bits per heavy atom. The van der Waals surface area contributed by atoms with Gasteiger partial charge in [0.2, 0.25) is 9.84 Å². The molecule has 0 amide bonds. The minimum atomic E-state index is -3.65. The van der Waals surface area contributed by atoms with Crippen molar-refractivity contribution in [3.8, 4) is 0 Å². The first kappa shape index (κ1) is 16.5. The summed E-state index contributed by atoms with van der Waals surface area (Å²) in [5, 5.41) is 0.563. The minimum absolute atomic E-state index is 0.247. The van der Waals surface area contributed by atoms with Gasteiger partial charge < -0.3 is 0 Å². The third kappa shape index (κ3) is 3.58. The molecule has 2 nitrogen and oxygen atoms in total. The second-order valence-corrected chi connectivity index (χ2v) is 7.60. The van der Waals surface area contributed by atoms with Crippen LogP contribution in [-0.4, -0.2) is 8.42 Å². The van der Waals surface area contributed by atoms with Crippen molar-refractivity contribution >= 4 is 32.4 Å². The molecular weight excluding hydrogens is 340 g/mol. The first-order valence-electron chi connectivity index (χ1n) is 7.40. The summed E-state index contributed by atoms with van der Waals surface area (Å²) in [5.41, 5.74) is 1.38. The lowest BCUT2D eigenvalue weighted by atomic mass is 10.1. The molecule has 0 aliphatic carbocycles. The van der Waals surface area contributed by atoms with Gasteiger partial charge in [-0.05, 0) is 41.5 Å². The van der Waals surface area contributed by atoms with Crippen LogP contribution in [0, 0.1) is 0 Å². The Hall–Kier alpha value is -2.36. The van der Waals surface area contributed by atoms with Gasteiger partial charge in [0, 0.05) is 5.02 Å². The summed E-state index contributed by atoms with van der Waals surface area (Å²) < 4.78 is 26.2. The van der Waals surface area contributed by atoms with E-state index < -0.39 is 9.84 Å². The van der Waals surface area contributed by atoms with Crippen molar-refractivity contribution in [3.63, 3.8) is 0 Å². The number of rotatable bonds is 4. The van der Waals surface area contributed by atoms with Crippen LogP contribution in [0.15, 0.2) is 89.8 Å². The molecule has 3 aromatic carbocycles. The zero-order valence-electron chi connectivity index (χ0n) is 12.8. The zero-order valence-corrected chi connectivity index (χ0v) is 14.3. The monoisotopic (exact) mass is 354 g/mol. The van der Waals surface area contributed by atoms with E-state index in [4.69, 9.17) is 11.6 Å². The second kappa shape index (κ2) is 7.04. The van der Waals surface area contributed by atoms with Crippen LogP contribution in [-0.2, 0) is 9.84 Å². The fraction of sp³-hybridized carbons (Fsp3) is 0. The van der Waals surface area contributed by atoms with Crippen molar-refractivity contribution in [2.75, 3.05) is 0 Å². The topological polar surface area (TPSA) is 34.1 Å². The van der Waals surface area contributed by atoms with Crippen LogP contribution in [0.2, 0.25) is 5.02 Å². The van der Waals surface area contributed by atoms with Crippen molar-refractivity contribution in [3.05, 3.63) is 101 Å². The van der Waals surface area contributed by atoms with Gasteiger partial charge in [-0.15, -0.1) is 0 Å². The maximum absolute atomic E-state index is 13.1. The molecule has 0 radical (unpaired) electrons. The average molecular weight is 355 g/mol. The van der Waals surface area contributed by atoms with Crippen LogP contribution < -0.4 is 0 Å². The molecule has 0 N–H and O–H groups in total. The quantitative estimate of drug-likeness (QED) is 0.595. The molecule has 0 aliphatic rings. The minimum Gasteiger partial charge on any atom is -0.218 e. The predicted octanol–water partition coefficient (Wildman–Crippen LogP) is 5.31. The Labute approximate surface area is 147 Å². The van der Waals surface area contributed by atoms with Crippen LogP contribution in [0.4, 0.5) is 0 Å². The molecule has 0 atom stereocenters. The van der Waals surface area contributed by atoms with Crippen LogP contribution >= 0.6 is 11.6 Å². The molecule has 24 heavy (non-hydrogen) atoms. The van der Waals surface area contributed by atoms with Gasteiger partial charge in [0.1, 0.15) is 0 Å². The molecule has 0 saturated heterocycles. The third-order valence-corrected chi connectivity index (χ3v) is 5.61. The summed E-state index contributed by atoms with van der Waals surface area (Å²) in [5.74, 6) is 0. The number of benzene rings is 3. The Morgan fingerprint density at radius 3 is 2.04 bits per heavy atom. The SMILES string of the molecule is O=S(=O)(/C(=C/c1cccc(Cl)c1)c1ccccc1)c1ccccc1. The summed E-state index contributed by atoms with van der Waals surface area (Å²) in [6.07, 6.45) is 1.66. The van der Waals surface area contributed by atoms with Crippen molar-refractivity contribution in [2.45, 2.75) is 4.90 Å². The molecule has 120 valence electrons. The van der Waals surface area contributed by atoms with E-state index in [-0.39, 0.29) is 9.80 Å². The van der Waals surface area contributed by atoms with E-state index in [1.54, 1.807) is 66.7 Å². The van der Waals surface area contributed by atoms with Gasteiger partial charge in [-0.1, -0.05) is 72.3 Å². The Morgan fingerprint density at radius 2 is 1.42 bits per heavy atom. The molecule has 4 heteroatoms. The van der Waals surface area contributed by atoms with Crippen LogP contribution in [0.1, 0.15) is 11.1 Å². The normalized spacial score (nSPS) is 12.1. The highest BCUT2D eigenvalue weighted by Crippen LogP contribution is 2.30. The van der Waals surface area contributed by atoms with Gasteiger partial charge in [-0.3, -0.25) is 0 Å². The summed E-state index contributed by atoms with van der Waals surface area (Å²) in [4.78, 5) is 0.513. The third-order valence-electron chi connectivity index (χ3n) is 3.55. The van der Waals surface area contributed by atoms with Crippen molar-refractivity contribution in [1.29, 1.82) is 0 Å². The van der Waals surface area contributed by atoms with E-state index in [1.165, 1.54) is 0 Å². The lowest BCUT2D eigenvalue weighted by Crippen LogP contribution is -2.04. The van der Waals surface area contributed by atoms with Crippen molar-refractivity contribution in [1.82, 2.24) is 0 Å². The summed E-state index contributed by atoms with van der Waals surface area (Å²) in [6.45, 7) is 0. The first-order valence-corrected chi connectivity index (χ1v) is 9.26. The molecule has 0 fully saturated rings. The molecule has 0 spiro atoms. The van der Waals surface area contributed by atoms with Crippen molar-refractivity contribution in [2.24, 2.45) is 0 Å². The lowest BCUT2D eigenvalue weighted by Gasteiger charge is -2.10. The molecule has 3 rings (SSSR count). The summed E-state index contributed by atoms with van der Waals surface area (Å²) in [7, 11) is -3.65. The van der Waals surface area contributed by atoms with E-state index in [9.17, 15) is 8.42 Å². The van der Waals surface area contributed by atoms with Crippen molar-refractivity contribution < 1.29 is 8.42 Å². The number of halogens is 1. The first-order chi connectivity index (χ1) is 11.6. The fourth-order valence-corrected chi connectivity index (χ4v) is 4.10. The molecule has 0 aliphatic heterocycles. The summed E-state index contributed by atoms with van der Waals surface area (Å²) in [6, 6.07) is 24.6. The Bertz CT molecular complexity index is 963. The fourth-order valence-electron chi connectivity index (χ4n) is 2.39. The maximum atomic E-state index is 13.1. The van der Waals surface area contributed by atoms with E-state index in [2.05, 4.69) is 0 Å². The van der Waals surface area contributed by atoms with Gasteiger partial charge in [-0.25, -0.2) is 8.42 Å². The summed E-state index contributed by atoms with van der Waals surface area (Å²) >= 11 is 6.03. The number of hydrogen-bond donors (Lipinski definition) is 0. The molecular formula is C20H15ClO2S. The van der Waals surface area contributed by atoms with Crippen LogP contribution in [0.5, 0.6) is 0 Å². The molecule has 3 aromatic rings. The highest BCUT2D eigenvalue weighted by Gasteiger charge is 2.22. The predicted molar refractivity (Wildman–Crippen MR) is 99.4 cm³/mol. The van der Waals surface area contributed by atoms with E-state index >= 15 is 0 Å². The Balaban J connectivity index is 2.20. The van der Waals surface area contributed by atoms with Gasteiger partial charge in [-0.2, -0.15) is 0 Å². The van der Waals surface area contributed by atoms with Gasteiger partial charge >= 0.3 is 0 Å². The number of hydrogen-bond acceptors (Lipinski definition) is 2. The van der Waals surface area contributed by atoms with Gasteiger partial charge in [0.15, 0.2) is 0 Å². The largest absolute Gasteiger partial charge is 0.218 e. The molecule has 0 bridgehead atoms. The maximum Gasteiger partial charge on any atom is 0.207 e. The van der Waals surface area contributed by atoms with E-state index in [0.29, 0.717) is 10.6 Å². The molecule has 0 heterocycles. The molecule has 0 unspecified atom stereocenters.